The van der Waals surface area contributed by atoms with Crippen molar-refractivity contribution in [1.29, 1.82) is 0 Å². The van der Waals surface area contributed by atoms with Crippen LogP contribution in [0.3, 0.4) is 0 Å². The molecule has 0 saturated heterocycles. The molecule has 0 amide bonds. The maximum atomic E-state index is 3.29. The van der Waals surface area contributed by atoms with Crippen molar-refractivity contribution >= 4 is 33.7 Å². The van der Waals surface area contributed by atoms with Gasteiger partial charge in [-0.2, -0.15) is 0 Å². The zero-order valence-electron chi connectivity index (χ0n) is 20.9. The molecular formula is C38H24. The van der Waals surface area contributed by atoms with Gasteiger partial charge in [-0.25, -0.2) is 0 Å². The van der Waals surface area contributed by atoms with Gasteiger partial charge in [0.25, 0.3) is 0 Å². The number of fused-ring (bicyclic) bond motifs is 2. The molecular weight excluding hydrogens is 456 g/mol. The van der Waals surface area contributed by atoms with Crippen LogP contribution >= 0.6 is 0 Å². The average Bonchev–Trinajstić information content (AvgIpc) is 2.99. The predicted octanol–water partition coefficient (Wildman–Crippen LogP) is 8.96. The summed E-state index contributed by atoms with van der Waals surface area (Å²) in [4.78, 5) is 0. The van der Waals surface area contributed by atoms with Gasteiger partial charge in [0.15, 0.2) is 0 Å². The van der Waals surface area contributed by atoms with Gasteiger partial charge in [0.2, 0.25) is 0 Å². The van der Waals surface area contributed by atoms with Crippen LogP contribution in [0.5, 0.6) is 0 Å². The molecule has 0 fully saturated rings. The molecule has 0 aliphatic carbocycles. The molecule has 38 heavy (non-hydrogen) atoms. The second-order valence-electron chi connectivity index (χ2n) is 9.20. The van der Waals surface area contributed by atoms with E-state index in [1.165, 1.54) is 21.5 Å². The summed E-state index contributed by atoms with van der Waals surface area (Å²) < 4.78 is 0. The van der Waals surface area contributed by atoms with Crippen molar-refractivity contribution < 1.29 is 0 Å². The van der Waals surface area contributed by atoms with Crippen LogP contribution in [0.2, 0.25) is 0 Å². The Hall–Kier alpha value is -5.30. The lowest BCUT2D eigenvalue weighted by atomic mass is 10.1. The lowest BCUT2D eigenvalue weighted by Crippen LogP contribution is -1.80. The van der Waals surface area contributed by atoms with Gasteiger partial charge in [-0.1, -0.05) is 121 Å². The summed E-state index contributed by atoms with van der Waals surface area (Å²) >= 11 is 0. The van der Waals surface area contributed by atoms with Crippen molar-refractivity contribution in [3.8, 4) is 23.7 Å². The van der Waals surface area contributed by atoms with Gasteiger partial charge in [0, 0.05) is 22.3 Å². The van der Waals surface area contributed by atoms with E-state index in [2.05, 4.69) is 169 Å². The first-order chi connectivity index (χ1) is 18.8. The Morgan fingerprint density at radius 3 is 1.08 bits per heavy atom. The lowest BCUT2D eigenvalue weighted by molar-refractivity contribution is 1.59. The van der Waals surface area contributed by atoms with Crippen molar-refractivity contribution in [2.24, 2.45) is 0 Å². The maximum absolute atomic E-state index is 3.29. The third-order valence-corrected chi connectivity index (χ3v) is 6.49. The van der Waals surface area contributed by atoms with E-state index in [9.17, 15) is 0 Å². The van der Waals surface area contributed by atoms with E-state index in [4.69, 9.17) is 0 Å². The fraction of sp³-hybridized carbons (Fsp3) is 0. The van der Waals surface area contributed by atoms with Crippen LogP contribution in [0.25, 0.3) is 33.7 Å². The Morgan fingerprint density at radius 2 is 0.658 bits per heavy atom. The minimum Gasteiger partial charge on any atom is -0.0617 e. The van der Waals surface area contributed by atoms with Crippen LogP contribution in [-0.2, 0) is 0 Å². The van der Waals surface area contributed by atoms with E-state index in [1.54, 1.807) is 0 Å². The van der Waals surface area contributed by atoms with E-state index in [0.29, 0.717) is 0 Å². The average molecular weight is 481 g/mol. The molecule has 6 aromatic carbocycles. The maximum Gasteiger partial charge on any atom is 0.0255 e. The molecule has 0 aliphatic heterocycles. The van der Waals surface area contributed by atoms with Crippen LogP contribution < -0.4 is 0 Å². The molecule has 0 aromatic heterocycles. The third kappa shape index (κ3) is 5.57. The van der Waals surface area contributed by atoms with Gasteiger partial charge >= 0.3 is 0 Å². The molecule has 6 aromatic rings. The monoisotopic (exact) mass is 480 g/mol. The SMILES string of the molecule is C(#Cc1ccc2ccccc2c1)c1ccc(C=Cc2ccc(C#Cc3ccc4ccccc4c3)cc2)cc1. The molecule has 0 saturated carbocycles. The van der Waals surface area contributed by atoms with Crippen molar-refractivity contribution in [3.63, 3.8) is 0 Å². The van der Waals surface area contributed by atoms with Crippen LogP contribution in [0, 0.1) is 23.7 Å². The van der Waals surface area contributed by atoms with Crippen LogP contribution in [0.1, 0.15) is 33.4 Å². The molecule has 0 heteroatoms. The summed E-state index contributed by atoms with van der Waals surface area (Å²) in [5.74, 6) is 13.1. The molecule has 176 valence electrons. The number of rotatable bonds is 2. The van der Waals surface area contributed by atoms with Gasteiger partial charge in [-0.3, -0.25) is 0 Å². The highest BCUT2D eigenvalue weighted by Gasteiger charge is 1.96. The Balaban J connectivity index is 1.10. The molecule has 6 rings (SSSR count). The van der Waals surface area contributed by atoms with E-state index in [1.807, 2.05) is 0 Å². The molecule has 0 unspecified atom stereocenters. The first-order valence-electron chi connectivity index (χ1n) is 12.7. The first kappa shape index (κ1) is 23.1. The van der Waals surface area contributed by atoms with Gasteiger partial charge in [0.1, 0.15) is 0 Å². The Kier molecular flexibility index (Phi) is 6.55. The van der Waals surface area contributed by atoms with Crippen LogP contribution in [0.4, 0.5) is 0 Å². The van der Waals surface area contributed by atoms with Crippen LogP contribution in [-0.4, -0.2) is 0 Å². The molecule has 0 heterocycles. The molecule has 0 spiro atoms. The smallest absolute Gasteiger partial charge is 0.0255 e. The highest BCUT2D eigenvalue weighted by Crippen LogP contribution is 2.17. The fourth-order valence-electron chi connectivity index (χ4n) is 4.37. The summed E-state index contributed by atoms with van der Waals surface area (Å²) in [5.41, 5.74) is 6.34. The topological polar surface area (TPSA) is 0 Å². The lowest BCUT2D eigenvalue weighted by Gasteiger charge is -1.98. The molecule has 0 radical (unpaired) electrons. The van der Waals surface area contributed by atoms with Crippen molar-refractivity contribution in [2.75, 3.05) is 0 Å². The zero-order valence-corrected chi connectivity index (χ0v) is 20.9. The zero-order chi connectivity index (χ0) is 25.6. The van der Waals surface area contributed by atoms with E-state index < -0.39 is 0 Å². The highest BCUT2D eigenvalue weighted by atomic mass is 14.0. The van der Waals surface area contributed by atoms with Crippen molar-refractivity contribution in [2.45, 2.75) is 0 Å². The summed E-state index contributed by atoms with van der Waals surface area (Å²) in [7, 11) is 0. The summed E-state index contributed by atoms with van der Waals surface area (Å²) in [5, 5.41) is 4.89. The van der Waals surface area contributed by atoms with Gasteiger partial charge < -0.3 is 0 Å². The molecule has 0 aliphatic rings. The minimum absolute atomic E-state index is 1.00. The van der Waals surface area contributed by atoms with Crippen molar-refractivity contribution in [3.05, 3.63) is 167 Å². The Labute approximate surface area is 223 Å². The fourth-order valence-corrected chi connectivity index (χ4v) is 4.37. The van der Waals surface area contributed by atoms with Gasteiger partial charge in [0.05, 0.1) is 0 Å². The third-order valence-electron chi connectivity index (χ3n) is 6.49. The Morgan fingerprint density at radius 1 is 0.316 bits per heavy atom. The van der Waals surface area contributed by atoms with E-state index in [0.717, 1.165) is 33.4 Å². The molecule has 0 bridgehead atoms. The molecule has 0 N–H and O–H groups in total. The number of benzene rings is 6. The van der Waals surface area contributed by atoms with Crippen LogP contribution in [0.15, 0.2) is 133 Å². The minimum atomic E-state index is 1.00. The highest BCUT2D eigenvalue weighted by molar-refractivity contribution is 5.84. The van der Waals surface area contributed by atoms with Gasteiger partial charge in [-0.05, 0) is 81.2 Å². The van der Waals surface area contributed by atoms with Crippen molar-refractivity contribution in [1.82, 2.24) is 0 Å². The predicted molar refractivity (Wildman–Crippen MR) is 162 cm³/mol. The number of hydrogen-bond donors (Lipinski definition) is 0. The van der Waals surface area contributed by atoms with E-state index in [-0.39, 0.29) is 0 Å². The molecule has 0 nitrogen and oxygen atoms in total. The number of hydrogen-bond acceptors (Lipinski definition) is 0. The summed E-state index contributed by atoms with van der Waals surface area (Å²) in [6.45, 7) is 0. The van der Waals surface area contributed by atoms with Gasteiger partial charge in [-0.15, -0.1) is 0 Å². The Bertz CT molecular complexity index is 1750. The second kappa shape index (κ2) is 10.8. The largest absolute Gasteiger partial charge is 0.0617 e. The summed E-state index contributed by atoms with van der Waals surface area (Å²) in [6, 6.07) is 46.1. The van der Waals surface area contributed by atoms with E-state index >= 15 is 0 Å². The molecule has 0 atom stereocenters. The standard InChI is InChI=1S/C38H24/c1-3-7-37-27-33(23-25-35(37)5-1)21-19-31-15-11-29(12-16-31)9-10-30-13-17-32(18-14-30)20-22-34-24-26-36-6-2-4-8-38(36)28-34/h1-18,23-28H. The first-order valence-corrected chi connectivity index (χ1v) is 12.7. The summed E-state index contributed by atoms with van der Waals surface area (Å²) in [6.07, 6.45) is 4.24. The normalized spacial score (nSPS) is 10.6. The quantitative estimate of drug-likeness (QED) is 0.171. The second-order valence-corrected chi connectivity index (χ2v) is 9.20.